The average molecular weight is 390 g/mol. The molecule has 3 aromatic heterocycles. The normalized spacial score (nSPS) is 10.7. The van der Waals surface area contributed by atoms with Crippen molar-refractivity contribution >= 4 is 28.5 Å². The van der Waals surface area contributed by atoms with E-state index in [0.717, 1.165) is 18.2 Å². The van der Waals surface area contributed by atoms with Gasteiger partial charge < -0.3 is 15.3 Å². The number of nitrogens with zero attached hydrogens (tertiary/aromatic N) is 5. The number of benzene rings is 1. The second-order valence-electron chi connectivity index (χ2n) is 5.92. The van der Waals surface area contributed by atoms with Gasteiger partial charge in [-0.3, -0.25) is 4.79 Å². The lowest BCUT2D eigenvalue weighted by atomic mass is 10.1. The summed E-state index contributed by atoms with van der Waals surface area (Å²) >= 11 is 0. The molecule has 0 bridgehead atoms. The van der Waals surface area contributed by atoms with Crippen LogP contribution in [0.5, 0.6) is 0 Å². The smallest absolute Gasteiger partial charge is 0.345 e. The highest BCUT2D eigenvalue weighted by Crippen LogP contribution is 2.28. The van der Waals surface area contributed by atoms with E-state index >= 15 is 0 Å². The van der Waals surface area contributed by atoms with Crippen LogP contribution in [0.1, 0.15) is 10.4 Å². The molecular weight excluding hydrogens is 376 g/mol. The molecular formula is C19H14N6O4. The van der Waals surface area contributed by atoms with Crippen LogP contribution in [0, 0.1) is 0 Å². The van der Waals surface area contributed by atoms with Crippen LogP contribution in [0.2, 0.25) is 0 Å². The standard InChI is InChI=1S/C19H14N6O4/c1-29-19(27)14-15(16-17(23-6-5-22-16)25(28)18(14)26)24-13-4-2-3-11(7-13)12-8-20-10-21-9-12/h2-10,24,28H,1H3. The average Bonchev–Trinajstić information content (AvgIpc) is 2.78. The summed E-state index contributed by atoms with van der Waals surface area (Å²) in [6.45, 7) is 0. The van der Waals surface area contributed by atoms with Crippen molar-refractivity contribution in [3.63, 3.8) is 0 Å². The van der Waals surface area contributed by atoms with E-state index in [1.165, 1.54) is 18.7 Å². The highest BCUT2D eigenvalue weighted by Gasteiger charge is 2.25. The number of aromatic nitrogens is 5. The molecule has 144 valence electrons. The first kappa shape index (κ1) is 18.0. The summed E-state index contributed by atoms with van der Waals surface area (Å²) in [5, 5.41) is 13.2. The van der Waals surface area contributed by atoms with Crippen molar-refractivity contribution < 1.29 is 14.7 Å². The maximum absolute atomic E-state index is 12.6. The van der Waals surface area contributed by atoms with Gasteiger partial charge in [-0.05, 0) is 17.7 Å². The largest absolute Gasteiger partial charge is 0.465 e. The number of fused-ring (bicyclic) bond motifs is 1. The minimum Gasteiger partial charge on any atom is -0.465 e. The highest BCUT2D eigenvalue weighted by molar-refractivity contribution is 6.03. The SMILES string of the molecule is COC(=O)c1c(Nc2cccc(-c3cncnc3)c2)c2nccnc2n(O)c1=O. The zero-order valence-electron chi connectivity index (χ0n) is 15.1. The summed E-state index contributed by atoms with van der Waals surface area (Å²) in [6.07, 6.45) is 7.48. The lowest BCUT2D eigenvalue weighted by Gasteiger charge is -2.14. The van der Waals surface area contributed by atoms with Crippen molar-refractivity contribution in [2.75, 3.05) is 12.4 Å². The predicted octanol–water partition coefficient (Wildman–Crippen LogP) is 2.02. The molecule has 0 aliphatic heterocycles. The van der Waals surface area contributed by atoms with E-state index in [1.54, 1.807) is 30.6 Å². The maximum atomic E-state index is 12.6. The first-order chi connectivity index (χ1) is 14.1. The van der Waals surface area contributed by atoms with Crippen LogP contribution in [0.4, 0.5) is 11.4 Å². The molecule has 0 saturated carbocycles. The number of hydrogen-bond donors (Lipinski definition) is 2. The number of carbonyl (C=O) groups excluding carboxylic acids is 1. The van der Waals surface area contributed by atoms with Gasteiger partial charge in [0, 0.05) is 36.0 Å². The Morgan fingerprint density at radius 2 is 1.90 bits per heavy atom. The molecule has 10 heteroatoms. The van der Waals surface area contributed by atoms with E-state index in [9.17, 15) is 14.8 Å². The summed E-state index contributed by atoms with van der Waals surface area (Å²) < 4.78 is 5.00. The highest BCUT2D eigenvalue weighted by atomic mass is 16.5. The second kappa shape index (κ2) is 7.35. The van der Waals surface area contributed by atoms with Crippen molar-refractivity contribution in [3.8, 4) is 11.1 Å². The minimum absolute atomic E-state index is 0.0803. The summed E-state index contributed by atoms with van der Waals surface area (Å²) in [4.78, 5) is 41.0. The third-order valence-corrected chi connectivity index (χ3v) is 4.19. The van der Waals surface area contributed by atoms with E-state index in [1.807, 2.05) is 6.07 Å². The first-order valence-corrected chi connectivity index (χ1v) is 8.40. The van der Waals surface area contributed by atoms with Gasteiger partial charge in [-0.1, -0.05) is 12.1 Å². The van der Waals surface area contributed by atoms with Gasteiger partial charge in [-0.15, -0.1) is 4.73 Å². The molecule has 0 spiro atoms. The number of esters is 1. The third-order valence-electron chi connectivity index (χ3n) is 4.19. The van der Waals surface area contributed by atoms with Gasteiger partial charge in [0.15, 0.2) is 5.56 Å². The predicted molar refractivity (Wildman–Crippen MR) is 103 cm³/mol. The molecule has 0 saturated heterocycles. The number of anilines is 2. The fraction of sp³-hybridized carbons (Fsp3) is 0.0526. The van der Waals surface area contributed by atoms with Crippen LogP contribution in [0.15, 0.2) is 60.2 Å². The Bertz CT molecular complexity index is 1270. The number of nitrogens with one attached hydrogen (secondary N) is 1. The second-order valence-corrected chi connectivity index (χ2v) is 5.92. The van der Waals surface area contributed by atoms with Crippen LogP contribution in [0.3, 0.4) is 0 Å². The van der Waals surface area contributed by atoms with E-state index in [0.29, 0.717) is 5.69 Å². The van der Waals surface area contributed by atoms with E-state index in [-0.39, 0.29) is 21.6 Å². The number of methoxy groups -OCH3 is 1. The van der Waals surface area contributed by atoms with E-state index in [2.05, 4.69) is 25.3 Å². The minimum atomic E-state index is -0.972. The molecule has 2 N–H and O–H groups in total. The molecule has 10 nitrogen and oxygen atoms in total. The molecule has 29 heavy (non-hydrogen) atoms. The molecule has 0 aliphatic rings. The van der Waals surface area contributed by atoms with Gasteiger partial charge in [-0.25, -0.2) is 24.7 Å². The van der Waals surface area contributed by atoms with Crippen molar-refractivity contribution in [2.45, 2.75) is 0 Å². The molecule has 0 aliphatic carbocycles. The van der Waals surface area contributed by atoms with Gasteiger partial charge in [0.1, 0.15) is 11.8 Å². The lowest BCUT2D eigenvalue weighted by Crippen LogP contribution is -2.28. The third kappa shape index (κ3) is 3.23. The Morgan fingerprint density at radius 1 is 1.14 bits per heavy atom. The van der Waals surface area contributed by atoms with Crippen molar-refractivity contribution in [2.24, 2.45) is 0 Å². The quantitative estimate of drug-likeness (QED) is 0.396. The Kier molecular flexibility index (Phi) is 4.57. The molecule has 0 radical (unpaired) electrons. The van der Waals surface area contributed by atoms with Crippen LogP contribution < -0.4 is 10.9 Å². The molecule has 4 aromatic rings. The van der Waals surface area contributed by atoms with Crippen LogP contribution in [-0.2, 0) is 4.74 Å². The van der Waals surface area contributed by atoms with Crippen LogP contribution in [-0.4, -0.2) is 43.0 Å². The molecule has 4 rings (SSSR count). The topological polar surface area (TPSA) is 132 Å². The molecule has 0 unspecified atom stereocenters. The Labute approximate surface area is 163 Å². The van der Waals surface area contributed by atoms with Gasteiger partial charge in [0.05, 0.1) is 12.8 Å². The molecule has 0 amide bonds. The number of rotatable bonds is 4. The van der Waals surface area contributed by atoms with Crippen molar-refractivity contribution in [1.82, 2.24) is 24.7 Å². The van der Waals surface area contributed by atoms with Gasteiger partial charge in [0.25, 0.3) is 0 Å². The Hall–Kier alpha value is -4.34. The lowest BCUT2D eigenvalue weighted by molar-refractivity contribution is 0.0594. The molecule has 0 atom stereocenters. The number of ether oxygens (including phenoxy) is 1. The van der Waals surface area contributed by atoms with Crippen LogP contribution >= 0.6 is 0 Å². The van der Waals surface area contributed by atoms with Crippen molar-refractivity contribution in [3.05, 3.63) is 71.3 Å². The fourth-order valence-electron chi connectivity index (χ4n) is 2.87. The maximum Gasteiger partial charge on any atom is 0.345 e. The summed E-state index contributed by atoms with van der Waals surface area (Å²) in [5.74, 6) is -0.916. The van der Waals surface area contributed by atoms with Crippen LogP contribution in [0.25, 0.3) is 22.3 Å². The van der Waals surface area contributed by atoms with Gasteiger partial charge in [0.2, 0.25) is 5.65 Å². The Morgan fingerprint density at radius 3 is 2.66 bits per heavy atom. The number of pyridine rings is 1. The number of hydrogen-bond acceptors (Lipinski definition) is 9. The summed E-state index contributed by atoms with van der Waals surface area (Å²) in [7, 11) is 1.14. The van der Waals surface area contributed by atoms with Crippen molar-refractivity contribution in [1.29, 1.82) is 0 Å². The zero-order valence-corrected chi connectivity index (χ0v) is 15.1. The summed E-state index contributed by atoms with van der Waals surface area (Å²) in [5.41, 5.74) is 0.927. The summed E-state index contributed by atoms with van der Waals surface area (Å²) in [6, 6.07) is 7.21. The molecule has 0 fully saturated rings. The Balaban J connectivity index is 1.90. The van der Waals surface area contributed by atoms with Gasteiger partial charge >= 0.3 is 11.5 Å². The zero-order chi connectivity index (χ0) is 20.4. The van der Waals surface area contributed by atoms with E-state index < -0.39 is 17.1 Å². The number of carbonyl (C=O) groups is 1. The monoisotopic (exact) mass is 390 g/mol. The fourth-order valence-corrected chi connectivity index (χ4v) is 2.87. The molecule has 3 heterocycles. The van der Waals surface area contributed by atoms with E-state index in [4.69, 9.17) is 4.74 Å². The first-order valence-electron chi connectivity index (χ1n) is 8.40. The molecule has 1 aromatic carbocycles. The van der Waals surface area contributed by atoms with Gasteiger partial charge in [-0.2, -0.15) is 0 Å².